The third-order valence-electron chi connectivity index (χ3n) is 2.06. The van der Waals surface area contributed by atoms with Gasteiger partial charge in [-0.1, -0.05) is 0 Å². The molecule has 0 atom stereocenters. The van der Waals surface area contributed by atoms with Crippen LogP contribution in [0.1, 0.15) is 0 Å². The van der Waals surface area contributed by atoms with Crippen LogP contribution < -0.4 is 9.25 Å². The molecule has 0 aliphatic heterocycles. The molecule has 82 valence electrons. The van der Waals surface area contributed by atoms with Gasteiger partial charge in [0.25, 0.3) is 0 Å². The summed E-state index contributed by atoms with van der Waals surface area (Å²) >= 11 is -0.976. The molecule has 15 heavy (non-hydrogen) atoms. The van der Waals surface area contributed by atoms with Crippen LogP contribution in [-0.4, -0.2) is 52.2 Å². The summed E-state index contributed by atoms with van der Waals surface area (Å²) in [6, 6.07) is 7.33. The maximum absolute atomic E-state index is 10.7. The molecule has 0 spiro atoms. The molecule has 5 heteroatoms. The average molecular weight is 271 g/mol. The van der Waals surface area contributed by atoms with Gasteiger partial charge in [-0.3, -0.25) is 0 Å². The fourth-order valence-electron chi connectivity index (χ4n) is 1.34. The van der Waals surface area contributed by atoms with Crippen LogP contribution in [0.3, 0.4) is 0 Å². The minimum absolute atomic E-state index is 0.0508. The molecule has 0 aliphatic carbocycles. The fraction of sp³-hybridized carbons (Fsp3) is 0.400. The first-order chi connectivity index (χ1) is 7.31. The van der Waals surface area contributed by atoms with Crippen molar-refractivity contribution < 1.29 is 14.0 Å². The number of rotatable bonds is 6. The molecule has 0 saturated carbocycles. The van der Waals surface area contributed by atoms with E-state index in [4.69, 9.17) is 10.2 Å². The number of hydrogen-bond donors (Lipinski definition) is 2. The Labute approximate surface area is 95.4 Å². The molecule has 0 unspecified atom stereocenters. The van der Waals surface area contributed by atoms with Gasteiger partial charge in [0, 0.05) is 0 Å². The van der Waals surface area contributed by atoms with Gasteiger partial charge in [0.15, 0.2) is 0 Å². The Morgan fingerprint density at radius 2 is 1.60 bits per heavy atom. The fourth-order valence-corrected chi connectivity index (χ4v) is 1.90. The molecule has 4 nitrogen and oxygen atoms in total. The molecular weight excluding hydrogens is 257 g/mol. The van der Waals surface area contributed by atoms with Crippen molar-refractivity contribution in [1.29, 1.82) is 0 Å². The first kappa shape index (κ1) is 12.4. The van der Waals surface area contributed by atoms with Crippen LogP contribution in [0, 0.1) is 0 Å². The number of anilines is 1. The molecule has 1 aromatic carbocycles. The summed E-state index contributed by atoms with van der Waals surface area (Å²) < 4.78 is 11.5. The van der Waals surface area contributed by atoms with E-state index >= 15 is 0 Å². The van der Waals surface area contributed by atoms with Gasteiger partial charge in [-0.05, 0) is 0 Å². The van der Waals surface area contributed by atoms with E-state index in [0.717, 1.165) is 10.0 Å². The van der Waals surface area contributed by atoms with E-state index in [9.17, 15) is 3.74 Å². The number of aliphatic hydroxyl groups is 2. The van der Waals surface area contributed by atoms with E-state index in [2.05, 4.69) is 0 Å². The predicted octanol–water partition coefficient (Wildman–Crippen LogP) is -0.847. The van der Waals surface area contributed by atoms with Gasteiger partial charge >= 0.3 is 95.2 Å². The van der Waals surface area contributed by atoms with Crippen molar-refractivity contribution in [3.8, 4) is 0 Å². The number of nitrogens with zero attached hydrogens (tertiary/aromatic N) is 1. The quantitative estimate of drug-likeness (QED) is 0.662. The van der Waals surface area contributed by atoms with E-state index in [-0.39, 0.29) is 13.2 Å². The second kappa shape index (κ2) is 6.72. The standard InChI is InChI=1S/C10H14AsNO3/c13-7-5-12(6-8-14)10-3-1-9(11-15)2-4-10/h1-4,13-14H,5-8H2. The molecule has 0 heterocycles. The van der Waals surface area contributed by atoms with E-state index in [1.165, 1.54) is 0 Å². The summed E-state index contributed by atoms with van der Waals surface area (Å²) in [6.07, 6.45) is 0. The number of hydrogen-bond acceptors (Lipinski definition) is 4. The van der Waals surface area contributed by atoms with E-state index in [1.54, 1.807) is 0 Å². The van der Waals surface area contributed by atoms with Gasteiger partial charge in [-0.15, -0.1) is 0 Å². The number of benzene rings is 1. The molecule has 0 radical (unpaired) electrons. The normalized spacial score (nSPS) is 10.5. The third-order valence-corrected chi connectivity index (χ3v) is 3.13. The minimum atomic E-state index is -0.976. The summed E-state index contributed by atoms with van der Waals surface area (Å²) in [7, 11) is 0. The number of aliphatic hydroxyl groups excluding tert-OH is 2. The van der Waals surface area contributed by atoms with Crippen molar-refractivity contribution in [2.24, 2.45) is 0 Å². The van der Waals surface area contributed by atoms with Gasteiger partial charge in [0.1, 0.15) is 0 Å². The van der Waals surface area contributed by atoms with Gasteiger partial charge in [-0.25, -0.2) is 0 Å². The van der Waals surface area contributed by atoms with Crippen molar-refractivity contribution in [3.05, 3.63) is 24.3 Å². The van der Waals surface area contributed by atoms with Crippen molar-refractivity contribution in [3.63, 3.8) is 0 Å². The SMILES string of the molecule is O=[As]c1ccc(N(CCO)CCO)cc1. The Hall–Kier alpha value is -0.702. The molecule has 1 rings (SSSR count). The molecule has 2 N–H and O–H groups in total. The molecule has 1 aromatic rings. The summed E-state index contributed by atoms with van der Waals surface area (Å²) in [5.74, 6) is 0. The Kier molecular flexibility index (Phi) is 5.54. The van der Waals surface area contributed by atoms with Crippen LogP contribution in [0.15, 0.2) is 24.3 Å². The Morgan fingerprint density at radius 1 is 1.07 bits per heavy atom. The maximum atomic E-state index is 10.7. The van der Waals surface area contributed by atoms with Gasteiger partial charge in [-0.2, -0.15) is 0 Å². The van der Waals surface area contributed by atoms with Crippen molar-refractivity contribution in [1.82, 2.24) is 0 Å². The summed E-state index contributed by atoms with van der Waals surface area (Å²) in [4.78, 5) is 1.88. The first-order valence-corrected chi connectivity index (χ1v) is 6.42. The molecule has 0 aromatic heterocycles. The van der Waals surface area contributed by atoms with E-state index in [1.807, 2.05) is 29.2 Å². The molecular formula is C10H14AsNO3. The Morgan fingerprint density at radius 3 is 2.00 bits per heavy atom. The molecule has 0 saturated heterocycles. The molecule has 0 aliphatic rings. The summed E-state index contributed by atoms with van der Waals surface area (Å²) in [6.45, 7) is 1.08. The zero-order chi connectivity index (χ0) is 11.1. The van der Waals surface area contributed by atoms with Crippen LogP contribution in [-0.2, 0) is 3.74 Å². The average Bonchev–Trinajstić information content (AvgIpc) is 2.29. The third kappa shape index (κ3) is 3.74. The Balaban J connectivity index is 2.76. The summed E-state index contributed by atoms with van der Waals surface area (Å²) in [5, 5.41) is 17.7. The van der Waals surface area contributed by atoms with Crippen LogP contribution in [0.25, 0.3) is 0 Å². The van der Waals surface area contributed by atoms with Crippen molar-refractivity contribution in [2.45, 2.75) is 0 Å². The monoisotopic (exact) mass is 271 g/mol. The van der Waals surface area contributed by atoms with Gasteiger partial charge in [0.05, 0.1) is 0 Å². The Bertz CT molecular complexity index is 296. The topological polar surface area (TPSA) is 60.8 Å². The van der Waals surface area contributed by atoms with Gasteiger partial charge < -0.3 is 0 Å². The van der Waals surface area contributed by atoms with Crippen LogP contribution in [0.4, 0.5) is 5.69 Å². The van der Waals surface area contributed by atoms with Gasteiger partial charge in [0.2, 0.25) is 0 Å². The van der Waals surface area contributed by atoms with Crippen LogP contribution in [0.5, 0.6) is 0 Å². The molecule has 0 fully saturated rings. The predicted molar refractivity (Wildman–Crippen MR) is 58.9 cm³/mol. The molecule has 0 amide bonds. The van der Waals surface area contributed by atoms with Crippen LogP contribution in [0.2, 0.25) is 0 Å². The second-order valence-electron chi connectivity index (χ2n) is 3.04. The van der Waals surface area contributed by atoms with Crippen molar-refractivity contribution >= 4 is 25.7 Å². The van der Waals surface area contributed by atoms with Crippen molar-refractivity contribution in [2.75, 3.05) is 31.2 Å². The van der Waals surface area contributed by atoms with E-state index in [0.29, 0.717) is 13.1 Å². The van der Waals surface area contributed by atoms with Crippen LogP contribution >= 0.6 is 0 Å². The van der Waals surface area contributed by atoms with E-state index < -0.39 is 15.7 Å². The zero-order valence-electron chi connectivity index (χ0n) is 8.33. The summed E-state index contributed by atoms with van der Waals surface area (Å²) in [5.41, 5.74) is 0.927. The first-order valence-electron chi connectivity index (χ1n) is 4.72. The second-order valence-corrected chi connectivity index (χ2v) is 4.51. The zero-order valence-corrected chi connectivity index (χ0v) is 10.2. The molecule has 0 bridgehead atoms.